The van der Waals surface area contributed by atoms with E-state index in [-0.39, 0.29) is 19.1 Å². The molecule has 1 aliphatic heterocycles. The SMILES string of the molecule is CCC(COC(=O)C(C)(C)I)(COC(=O)C(C)(C)I)C(=O)OC(C)(C)C1CC[NH2+]CC1. The fourth-order valence-electron chi connectivity index (χ4n) is 3.31. The summed E-state index contributed by atoms with van der Waals surface area (Å²) < 4.78 is 15.6. The van der Waals surface area contributed by atoms with Crippen LogP contribution in [0.3, 0.4) is 0 Å². The molecule has 9 heteroatoms. The zero-order valence-electron chi connectivity index (χ0n) is 19.8. The Balaban J connectivity index is 3.08. The third-order valence-electron chi connectivity index (χ3n) is 5.82. The van der Waals surface area contributed by atoms with Crippen LogP contribution in [0.4, 0.5) is 0 Å². The molecule has 0 bridgehead atoms. The minimum atomic E-state index is -1.26. The van der Waals surface area contributed by atoms with Crippen LogP contribution in [0.15, 0.2) is 0 Å². The number of piperidine rings is 1. The van der Waals surface area contributed by atoms with Crippen molar-refractivity contribution in [1.29, 1.82) is 0 Å². The Hall–Kier alpha value is -0.170. The van der Waals surface area contributed by atoms with Crippen molar-refractivity contribution in [2.24, 2.45) is 11.3 Å². The number of hydrogen-bond acceptors (Lipinski definition) is 6. The lowest BCUT2D eigenvalue weighted by atomic mass is 9.82. The number of halogens is 2. The molecule has 1 saturated heterocycles. The van der Waals surface area contributed by atoms with Crippen LogP contribution in [0, 0.1) is 11.3 Å². The van der Waals surface area contributed by atoms with E-state index in [2.05, 4.69) is 5.32 Å². The van der Waals surface area contributed by atoms with Gasteiger partial charge in [0.2, 0.25) is 0 Å². The smallest absolute Gasteiger partial charge is 0.321 e. The first kappa shape index (κ1) is 28.9. The lowest BCUT2D eigenvalue weighted by Crippen LogP contribution is -2.86. The van der Waals surface area contributed by atoms with E-state index in [1.807, 2.05) is 66.0 Å². The first-order valence-corrected chi connectivity index (χ1v) is 13.0. The average molecular weight is 666 g/mol. The number of ether oxygens (including phenoxy) is 3. The fraction of sp³-hybridized carbons (Fsp3) is 0.864. The van der Waals surface area contributed by atoms with E-state index in [9.17, 15) is 14.4 Å². The van der Waals surface area contributed by atoms with Crippen LogP contribution in [-0.4, -0.2) is 56.7 Å². The second-order valence-corrected chi connectivity index (χ2v) is 15.3. The van der Waals surface area contributed by atoms with Crippen molar-refractivity contribution in [2.45, 2.75) is 80.2 Å². The Morgan fingerprint density at radius 1 is 0.839 bits per heavy atom. The maximum atomic E-state index is 13.5. The van der Waals surface area contributed by atoms with Crippen LogP contribution in [0.1, 0.15) is 67.7 Å². The summed E-state index contributed by atoms with van der Waals surface area (Å²) >= 11 is 3.99. The molecule has 0 amide bonds. The summed E-state index contributed by atoms with van der Waals surface area (Å²) in [4.78, 5) is 38.2. The highest BCUT2D eigenvalue weighted by Gasteiger charge is 2.47. The molecule has 1 heterocycles. The summed E-state index contributed by atoms with van der Waals surface area (Å²) in [5.41, 5.74) is -1.92. The number of esters is 3. The molecule has 0 spiro atoms. The van der Waals surface area contributed by atoms with E-state index < -0.39 is 35.8 Å². The molecule has 0 atom stereocenters. The molecule has 31 heavy (non-hydrogen) atoms. The van der Waals surface area contributed by atoms with E-state index in [1.165, 1.54) is 0 Å². The van der Waals surface area contributed by atoms with Gasteiger partial charge in [0, 0.05) is 18.8 Å². The third-order valence-corrected chi connectivity index (χ3v) is 6.70. The molecular formula is C22H38I2NO6+. The predicted molar refractivity (Wildman–Crippen MR) is 135 cm³/mol. The van der Waals surface area contributed by atoms with Crippen LogP contribution in [-0.2, 0) is 28.6 Å². The highest BCUT2D eigenvalue weighted by Crippen LogP contribution is 2.34. The van der Waals surface area contributed by atoms with Crippen LogP contribution in [0.25, 0.3) is 0 Å². The Morgan fingerprint density at radius 3 is 1.61 bits per heavy atom. The van der Waals surface area contributed by atoms with Gasteiger partial charge in [0.05, 0.1) is 13.1 Å². The predicted octanol–water partition coefficient (Wildman–Crippen LogP) is 3.19. The second-order valence-electron chi connectivity index (χ2n) is 9.86. The zero-order valence-corrected chi connectivity index (χ0v) is 24.1. The number of hydrogen-bond donors (Lipinski definition) is 1. The summed E-state index contributed by atoms with van der Waals surface area (Å²) in [5.74, 6) is -1.10. The van der Waals surface area contributed by atoms with E-state index in [0.717, 1.165) is 25.9 Å². The van der Waals surface area contributed by atoms with Crippen molar-refractivity contribution in [2.75, 3.05) is 26.3 Å². The molecule has 0 aliphatic carbocycles. The molecule has 0 saturated carbocycles. The minimum absolute atomic E-state index is 0.197. The van der Waals surface area contributed by atoms with E-state index in [0.29, 0.717) is 6.42 Å². The van der Waals surface area contributed by atoms with Crippen molar-refractivity contribution in [3.05, 3.63) is 0 Å². The molecule has 1 fully saturated rings. The number of carbonyl (C=O) groups excluding carboxylic acids is 3. The van der Waals surface area contributed by atoms with Crippen LogP contribution < -0.4 is 5.32 Å². The summed E-state index contributed by atoms with van der Waals surface area (Å²) in [5, 5.41) is 2.27. The minimum Gasteiger partial charge on any atom is -0.463 e. The molecule has 1 aliphatic rings. The highest BCUT2D eigenvalue weighted by atomic mass is 127. The summed E-state index contributed by atoms with van der Waals surface area (Å²) in [6.45, 7) is 14.3. The molecule has 0 aromatic heterocycles. The molecule has 180 valence electrons. The third kappa shape index (κ3) is 8.60. The number of nitrogens with two attached hydrogens (primary N) is 1. The Kier molecular flexibility index (Phi) is 10.5. The molecule has 0 unspecified atom stereocenters. The Bertz CT molecular complexity index is 615. The number of carbonyl (C=O) groups is 3. The second kappa shape index (κ2) is 11.3. The van der Waals surface area contributed by atoms with Gasteiger partial charge in [0.15, 0.2) is 0 Å². The van der Waals surface area contributed by atoms with Gasteiger partial charge >= 0.3 is 17.9 Å². The van der Waals surface area contributed by atoms with E-state index >= 15 is 0 Å². The van der Waals surface area contributed by atoms with Crippen molar-refractivity contribution in [3.63, 3.8) is 0 Å². The zero-order chi connectivity index (χ0) is 24.1. The molecule has 7 nitrogen and oxygen atoms in total. The molecule has 2 N–H and O–H groups in total. The Labute approximate surface area is 213 Å². The summed E-state index contributed by atoms with van der Waals surface area (Å²) in [7, 11) is 0. The van der Waals surface area contributed by atoms with Crippen molar-refractivity contribution in [1.82, 2.24) is 0 Å². The van der Waals surface area contributed by atoms with Gasteiger partial charge in [-0.3, -0.25) is 14.4 Å². The van der Waals surface area contributed by atoms with Crippen molar-refractivity contribution in [3.8, 4) is 0 Å². The van der Waals surface area contributed by atoms with Gasteiger partial charge < -0.3 is 19.5 Å². The van der Waals surface area contributed by atoms with Gasteiger partial charge in [-0.25, -0.2) is 0 Å². The highest BCUT2D eigenvalue weighted by molar-refractivity contribution is 14.1. The van der Waals surface area contributed by atoms with E-state index in [4.69, 9.17) is 14.2 Å². The average Bonchev–Trinajstić information content (AvgIpc) is 2.66. The topological polar surface area (TPSA) is 95.5 Å². The molecule has 0 aromatic carbocycles. The quantitative estimate of drug-likeness (QED) is 0.167. The standard InChI is InChI=1S/C22H37I2NO6/c1-8-22(13-29-16(26)19(2,3)23,14-30-17(27)20(4,5)24)18(28)31-21(6,7)15-9-11-25-12-10-15/h15,25H,8-14H2,1-7H3/p+1. The molecule has 0 aromatic rings. The monoisotopic (exact) mass is 666 g/mol. The number of rotatable bonds is 10. The maximum absolute atomic E-state index is 13.5. The van der Waals surface area contributed by atoms with Gasteiger partial charge in [0.1, 0.15) is 31.1 Å². The van der Waals surface area contributed by atoms with Gasteiger partial charge in [-0.15, -0.1) is 0 Å². The number of alkyl halides is 2. The molecule has 0 radical (unpaired) electrons. The molecule has 1 rings (SSSR count). The number of quaternary nitrogens is 1. The maximum Gasteiger partial charge on any atom is 0.321 e. The van der Waals surface area contributed by atoms with Crippen LogP contribution >= 0.6 is 45.2 Å². The summed E-state index contributed by atoms with van der Waals surface area (Å²) in [6, 6.07) is 0. The first-order chi connectivity index (χ1) is 14.0. The largest absolute Gasteiger partial charge is 0.463 e. The fourth-order valence-corrected chi connectivity index (χ4v) is 3.62. The van der Waals surface area contributed by atoms with Gasteiger partial charge in [-0.2, -0.15) is 0 Å². The van der Waals surface area contributed by atoms with Crippen LogP contribution in [0.2, 0.25) is 0 Å². The Morgan fingerprint density at radius 2 is 1.26 bits per heavy atom. The van der Waals surface area contributed by atoms with E-state index in [1.54, 1.807) is 27.7 Å². The molecular weight excluding hydrogens is 628 g/mol. The lowest BCUT2D eigenvalue weighted by molar-refractivity contribution is -0.665. The first-order valence-electron chi connectivity index (χ1n) is 10.8. The van der Waals surface area contributed by atoms with Gasteiger partial charge in [-0.05, 0) is 48.0 Å². The van der Waals surface area contributed by atoms with Gasteiger partial charge in [-0.1, -0.05) is 52.1 Å². The lowest BCUT2D eigenvalue weighted by Gasteiger charge is -2.39. The van der Waals surface area contributed by atoms with Crippen molar-refractivity contribution >= 4 is 63.1 Å². The normalized spacial score (nSPS) is 16.5. The summed E-state index contributed by atoms with van der Waals surface area (Å²) in [6.07, 6.45) is 2.25. The van der Waals surface area contributed by atoms with Gasteiger partial charge in [0.25, 0.3) is 0 Å². The van der Waals surface area contributed by atoms with Crippen molar-refractivity contribution < 1.29 is 33.9 Å². The van der Waals surface area contributed by atoms with Crippen LogP contribution in [0.5, 0.6) is 0 Å².